The van der Waals surface area contributed by atoms with Crippen molar-refractivity contribution in [2.24, 2.45) is 5.41 Å². The van der Waals surface area contributed by atoms with E-state index in [1.807, 2.05) is 30.3 Å². The van der Waals surface area contributed by atoms with Crippen LogP contribution in [0.2, 0.25) is 0 Å². The number of benzene rings is 2. The number of methoxy groups -OCH3 is 1. The van der Waals surface area contributed by atoms with Crippen molar-refractivity contribution in [3.8, 4) is 0 Å². The summed E-state index contributed by atoms with van der Waals surface area (Å²) in [5.41, 5.74) is -4.37. The first-order chi connectivity index (χ1) is 16.5. The van der Waals surface area contributed by atoms with Gasteiger partial charge in [-0.1, -0.05) is 60.7 Å². The molecule has 0 bridgehead atoms. The number of ether oxygens (including phenoxy) is 4. The van der Waals surface area contributed by atoms with Crippen molar-refractivity contribution in [3.63, 3.8) is 0 Å². The zero-order valence-electron chi connectivity index (χ0n) is 20.3. The van der Waals surface area contributed by atoms with Gasteiger partial charge < -0.3 is 18.9 Å². The monoisotopic (exact) mass is 496 g/mol. The first-order valence-electron chi connectivity index (χ1n) is 11.2. The Labute approximate surface area is 203 Å². The molecule has 0 saturated carbocycles. The third-order valence-corrected chi connectivity index (χ3v) is 5.66. The van der Waals surface area contributed by atoms with Crippen LogP contribution in [0.3, 0.4) is 0 Å². The summed E-state index contributed by atoms with van der Waals surface area (Å²) in [6.07, 6.45) is -6.47. The van der Waals surface area contributed by atoms with Crippen LogP contribution in [-0.4, -0.2) is 44.5 Å². The molecular formula is C26H31F3O6. The molecule has 9 heteroatoms. The molecule has 2 atom stereocenters. The van der Waals surface area contributed by atoms with E-state index < -0.39 is 40.8 Å². The number of rotatable bonds is 12. The number of carbonyl (C=O) groups is 2. The van der Waals surface area contributed by atoms with Crippen LogP contribution in [0.25, 0.3) is 0 Å². The molecule has 0 aliphatic heterocycles. The lowest BCUT2D eigenvalue weighted by molar-refractivity contribution is -0.280. The molecule has 0 N–H and O–H groups in total. The first kappa shape index (κ1) is 28.3. The second-order valence-corrected chi connectivity index (χ2v) is 8.41. The molecule has 0 spiro atoms. The van der Waals surface area contributed by atoms with Gasteiger partial charge in [0.05, 0.1) is 25.2 Å². The van der Waals surface area contributed by atoms with Crippen LogP contribution < -0.4 is 0 Å². The van der Waals surface area contributed by atoms with Crippen LogP contribution in [0.4, 0.5) is 13.2 Å². The number of hydrogen-bond acceptors (Lipinski definition) is 6. The van der Waals surface area contributed by atoms with E-state index in [0.717, 1.165) is 24.8 Å². The Morgan fingerprint density at radius 1 is 0.914 bits per heavy atom. The predicted molar refractivity (Wildman–Crippen MR) is 122 cm³/mol. The van der Waals surface area contributed by atoms with Crippen LogP contribution in [0.5, 0.6) is 0 Å². The highest BCUT2D eigenvalue weighted by Crippen LogP contribution is 2.44. The number of halogens is 3. The van der Waals surface area contributed by atoms with E-state index in [9.17, 15) is 22.8 Å². The fourth-order valence-electron chi connectivity index (χ4n) is 3.57. The van der Waals surface area contributed by atoms with Crippen LogP contribution in [0, 0.1) is 5.41 Å². The average Bonchev–Trinajstić information content (AvgIpc) is 2.82. The van der Waals surface area contributed by atoms with Crippen LogP contribution >= 0.6 is 0 Å². The molecule has 0 aromatic heterocycles. The van der Waals surface area contributed by atoms with E-state index >= 15 is 0 Å². The maximum atomic E-state index is 14.3. The Balaban J connectivity index is 2.31. The molecule has 0 aliphatic rings. The number of hydrogen-bond donors (Lipinski definition) is 0. The predicted octanol–water partition coefficient (Wildman–Crippen LogP) is 5.20. The van der Waals surface area contributed by atoms with E-state index in [-0.39, 0.29) is 26.2 Å². The van der Waals surface area contributed by atoms with Gasteiger partial charge >= 0.3 is 18.1 Å². The van der Waals surface area contributed by atoms with Crippen LogP contribution in [0.15, 0.2) is 60.7 Å². The smallest absolute Gasteiger partial charge is 0.432 e. The van der Waals surface area contributed by atoms with Gasteiger partial charge in [-0.15, -0.1) is 0 Å². The van der Waals surface area contributed by atoms with Gasteiger partial charge in [-0.05, 0) is 26.3 Å². The number of esters is 2. The highest BCUT2D eigenvalue weighted by Gasteiger charge is 2.64. The second-order valence-electron chi connectivity index (χ2n) is 8.41. The number of alkyl halides is 3. The normalized spacial score (nSPS) is 14.6. The van der Waals surface area contributed by atoms with Gasteiger partial charge in [-0.2, -0.15) is 13.2 Å². The summed E-state index contributed by atoms with van der Waals surface area (Å²) in [6.45, 7) is 4.83. The van der Waals surface area contributed by atoms with E-state index in [0.29, 0.717) is 0 Å². The van der Waals surface area contributed by atoms with Crippen LogP contribution in [0.1, 0.15) is 38.3 Å². The lowest BCUT2D eigenvalue weighted by Gasteiger charge is -2.37. The Bertz CT molecular complexity index is 947. The standard InChI is InChI=1S/C26H31F3O6/c1-5-34-22(30)24(2,3)21(16-17-33-18-19-12-8-6-9-13-19)35-23(31)25(32-4,26(27,28)29)20-14-10-7-11-15-20/h6-15,21H,5,16-18H2,1-4H3/t21-,25+/m1/s1. The molecule has 35 heavy (non-hydrogen) atoms. The molecule has 0 aliphatic carbocycles. The van der Waals surface area contributed by atoms with Crippen molar-refractivity contribution in [2.75, 3.05) is 20.3 Å². The summed E-state index contributed by atoms with van der Waals surface area (Å²) >= 11 is 0. The Morgan fingerprint density at radius 2 is 1.49 bits per heavy atom. The van der Waals surface area contributed by atoms with Crippen molar-refractivity contribution in [1.82, 2.24) is 0 Å². The summed E-state index contributed by atoms with van der Waals surface area (Å²) < 4.78 is 63.8. The van der Waals surface area contributed by atoms with Gasteiger partial charge in [-0.25, -0.2) is 4.79 Å². The SMILES string of the molecule is CCOC(=O)C(C)(C)[C@@H](CCOCc1ccccc1)OC(=O)[C@@](OC)(c1ccccc1)C(F)(F)F. The molecule has 2 aromatic carbocycles. The van der Waals surface area contributed by atoms with Gasteiger partial charge in [0.15, 0.2) is 0 Å². The molecule has 0 fully saturated rings. The molecule has 192 valence electrons. The topological polar surface area (TPSA) is 71.1 Å². The Kier molecular flexibility index (Phi) is 9.85. The summed E-state index contributed by atoms with van der Waals surface area (Å²) in [6, 6.07) is 15.8. The second kappa shape index (κ2) is 12.2. The van der Waals surface area contributed by atoms with Gasteiger partial charge in [-0.3, -0.25) is 4.79 Å². The molecule has 0 saturated heterocycles. The molecule has 0 amide bonds. The number of carbonyl (C=O) groups excluding carboxylic acids is 2. The minimum atomic E-state index is -5.14. The maximum Gasteiger partial charge on any atom is 0.432 e. The highest BCUT2D eigenvalue weighted by atomic mass is 19.4. The quantitative estimate of drug-likeness (QED) is 0.297. The molecule has 2 aromatic rings. The summed E-state index contributed by atoms with van der Waals surface area (Å²) in [7, 11) is 0.788. The van der Waals surface area contributed by atoms with Gasteiger partial charge in [0.1, 0.15) is 6.10 Å². The van der Waals surface area contributed by atoms with Crippen molar-refractivity contribution < 1.29 is 41.7 Å². The molecule has 0 radical (unpaired) electrons. The summed E-state index contributed by atoms with van der Waals surface area (Å²) in [5, 5.41) is 0. The fourth-order valence-corrected chi connectivity index (χ4v) is 3.57. The van der Waals surface area contributed by atoms with Crippen molar-refractivity contribution in [2.45, 2.75) is 51.7 Å². The van der Waals surface area contributed by atoms with Crippen molar-refractivity contribution in [3.05, 3.63) is 71.8 Å². The van der Waals surface area contributed by atoms with Gasteiger partial charge in [0.2, 0.25) is 0 Å². The fraction of sp³-hybridized carbons (Fsp3) is 0.462. The van der Waals surface area contributed by atoms with E-state index in [2.05, 4.69) is 0 Å². The minimum Gasteiger partial charge on any atom is -0.465 e. The molecule has 0 unspecified atom stereocenters. The van der Waals surface area contributed by atoms with Crippen LogP contribution in [-0.2, 0) is 40.7 Å². The van der Waals surface area contributed by atoms with E-state index in [1.165, 1.54) is 32.0 Å². The largest absolute Gasteiger partial charge is 0.465 e. The zero-order valence-corrected chi connectivity index (χ0v) is 20.3. The highest BCUT2D eigenvalue weighted by molar-refractivity contribution is 5.84. The molecule has 0 heterocycles. The van der Waals surface area contributed by atoms with Gasteiger partial charge in [0.25, 0.3) is 5.60 Å². The molecule has 6 nitrogen and oxygen atoms in total. The first-order valence-corrected chi connectivity index (χ1v) is 11.2. The third kappa shape index (κ3) is 6.61. The van der Waals surface area contributed by atoms with E-state index in [1.54, 1.807) is 6.92 Å². The summed E-state index contributed by atoms with van der Waals surface area (Å²) in [4.78, 5) is 25.8. The third-order valence-electron chi connectivity index (χ3n) is 5.66. The zero-order chi connectivity index (χ0) is 26.1. The minimum absolute atomic E-state index is 0.0208. The van der Waals surface area contributed by atoms with Crippen molar-refractivity contribution in [1.29, 1.82) is 0 Å². The summed E-state index contributed by atoms with van der Waals surface area (Å²) in [5.74, 6) is -2.39. The average molecular weight is 497 g/mol. The van der Waals surface area contributed by atoms with E-state index in [4.69, 9.17) is 18.9 Å². The van der Waals surface area contributed by atoms with Crippen molar-refractivity contribution >= 4 is 11.9 Å². The lowest BCUT2D eigenvalue weighted by Crippen LogP contribution is -2.54. The lowest BCUT2D eigenvalue weighted by atomic mass is 9.84. The Hall–Kier alpha value is -2.91. The molecular weight excluding hydrogens is 465 g/mol. The van der Waals surface area contributed by atoms with Gasteiger partial charge in [0, 0.05) is 19.1 Å². The Morgan fingerprint density at radius 3 is 2.00 bits per heavy atom. The molecule has 2 rings (SSSR count). The maximum absolute atomic E-state index is 14.3.